The van der Waals surface area contributed by atoms with E-state index in [0.29, 0.717) is 16.1 Å². The maximum absolute atomic E-state index is 13.6. The Bertz CT molecular complexity index is 623. The highest BCUT2D eigenvalue weighted by molar-refractivity contribution is 6.30. The summed E-state index contributed by atoms with van der Waals surface area (Å²) < 4.78 is 13.6. The topological polar surface area (TPSA) is 20.3 Å². The standard InChI is InChI=1S/C16H15ClFNO/c1-19(2)14-6-3-11(4-7-14)16(20)10-12-9-13(17)5-8-15(12)18/h3-9H,10H2,1-2H3. The van der Waals surface area contributed by atoms with Gasteiger partial charge in [0.25, 0.3) is 0 Å². The van der Waals surface area contributed by atoms with Crippen molar-refractivity contribution < 1.29 is 9.18 Å². The monoisotopic (exact) mass is 291 g/mol. The Morgan fingerprint density at radius 1 is 1.15 bits per heavy atom. The van der Waals surface area contributed by atoms with Gasteiger partial charge in [0.2, 0.25) is 0 Å². The molecular weight excluding hydrogens is 277 g/mol. The van der Waals surface area contributed by atoms with Crippen LogP contribution in [0.25, 0.3) is 0 Å². The van der Waals surface area contributed by atoms with Gasteiger partial charge in [-0.3, -0.25) is 4.79 Å². The highest BCUT2D eigenvalue weighted by Crippen LogP contribution is 2.18. The van der Waals surface area contributed by atoms with Crippen molar-refractivity contribution in [1.29, 1.82) is 0 Å². The van der Waals surface area contributed by atoms with Gasteiger partial charge in [0, 0.05) is 36.8 Å². The first kappa shape index (κ1) is 14.5. The van der Waals surface area contributed by atoms with Gasteiger partial charge in [0.15, 0.2) is 5.78 Å². The Balaban J connectivity index is 2.17. The van der Waals surface area contributed by atoms with Crippen LogP contribution in [-0.2, 0) is 6.42 Å². The summed E-state index contributed by atoms with van der Waals surface area (Å²) in [7, 11) is 3.86. The van der Waals surface area contributed by atoms with Gasteiger partial charge in [-0.1, -0.05) is 11.6 Å². The summed E-state index contributed by atoms with van der Waals surface area (Å²) >= 11 is 5.82. The lowest BCUT2D eigenvalue weighted by molar-refractivity contribution is 0.0992. The van der Waals surface area contributed by atoms with Gasteiger partial charge in [0.05, 0.1) is 0 Å². The van der Waals surface area contributed by atoms with Gasteiger partial charge >= 0.3 is 0 Å². The molecular formula is C16H15ClFNO. The molecule has 4 heteroatoms. The van der Waals surface area contributed by atoms with Gasteiger partial charge in [-0.05, 0) is 48.0 Å². The van der Waals surface area contributed by atoms with E-state index in [4.69, 9.17) is 11.6 Å². The molecule has 0 aliphatic rings. The summed E-state index contributed by atoms with van der Waals surface area (Å²) in [6, 6.07) is 11.5. The molecule has 0 aliphatic carbocycles. The summed E-state index contributed by atoms with van der Waals surface area (Å²) in [5.41, 5.74) is 1.89. The molecule has 0 saturated carbocycles. The molecule has 0 saturated heterocycles. The molecule has 2 rings (SSSR count). The fourth-order valence-electron chi connectivity index (χ4n) is 1.90. The summed E-state index contributed by atoms with van der Waals surface area (Å²) in [6.07, 6.45) is 0.00764. The van der Waals surface area contributed by atoms with Crippen LogP contribution in [0, 0.1) is 5.82 Å². The molecule has 0 aliphatic heterocycles. The van der Waals surface area contributed by atoms with E-state index in [9.17, 15) is 9.18 Å². The average molecular weight is 292 g/mol. The molecule has 0 aromatic heterocycles. The van der Waals surface area contributed by atoms with Crippen molar-refractivity contribution in [2.24, 2.45) is 0 Å². The average Bonchev–Trinajstić information content (AvgIpc) is 2.43. The quantitative estimate of drug-likeness (QED) is 0.795. The molecule has 0 fully saturated rings. The third kappa shape index (κ3) is 3.36. The second-order valence-corrected chi connectivity index (χ2v) is 5.21. The van der Waals surface area contributed by atoms with E-state index < -0.39 is 5.82 Å². The van der Waals surface area contributed by atoms with Gasteiger partial charge in [-0.25, -0.2) is 4.39 Å². The molecule has 2 nitrogen and oxygen atoms in total. The number of Topliss-reactive ketones (excluding diaryl/α,β-unsaturated/α-hetero) is 1. The molecule has 0 unspecified atom stereocenters. The Morgan fingerprint density at radius 2 is 1.80 bits per heavy atom. The summed E-state index contributed by atoms with van der Waals surface area (Å²) in [6.45, 7) is 0. The Kier molecular flexibility index (Phi) is 4.40. The number of anilines is 1. The lowest BCUT2D eigenvalue weighted by atomic mass is 10.0. The number of rotatable bonds is 4. The van der Waals surface area contributed by atoms with Gasteiger partial charge in [-0.2, -0.15) is 0 Å². The summed E-state index contributed by atoms with van der Waals surface area (Å²) in [5.74, 6) is -0.538. The van der Waals surface area contributed by atoms with E-state index in [1.165, 1.54) is 18.2 Å². The van der Waals surface area contributed by atoms with E-state index in [2.05, 4.69) is 0 Å². The number of ketones is 1. The minimum Gasteiger partial charge on any atom is -0.378 e. The van der Waals surface area contributed by atoms with Crippen LogP contribution in [-0.4, -0.2) is 19.9 Å². The minimum absolute atomic E-state index is 0.00764. The maximum Gasteiger partial charge on any atom is 0.167 e. The van der Waals surface area contributed by atoms with Gasteiger partial charge in [0.1, 0.15) is 5.82 Å². The number of carbonyl (C=O) groups excluding carboxylic acids is 1. The molecule has 20 heavy (non-hydrogen) atoms. The van der Waals surface area contributed by atoms with E-state index in [-0.39, 0.29) is 12.2 Å². The first-order chi connectivity index (χ1) is 9.47. The molecule has 0 spiro atoms. The molecule has 0 bridgehead atoms. The Morgan fingerprint density at radius 3 is 2.40 bits per heavy atom. The van der Waals surface area contributed by atoms with Crippen LogP contribution in [0.4, 0.5) is 10.1 Å². The van der Waals surface area contributed by atoms with E-state index in [0.717, 1.165) is 5.69 Å². The minimum atomic E-state index is -0.410. The van der Waals surface area contributed by atoms with Crippen LogP contribution in [0.1, 0.15) is 15.9 Å². The predicted molar refractivity (Wildman–Crippen MR) is 80.2 cm³/mol. The molecule has 0 amide bonds. The second-order valence-electron chi connectivity index (χ2n) is 4.78. The zero-order valence-electron chi connectivity index (χ0n) is 11.4. The lowest BCUT2D eigenvalue weighted by Gasteiger charge is -2.12. The smallest absolute Gasteiger partial charge is 0.167 e. The van der Waals surface area contributed by atoms with Crippen molar-refractivity contribution in [2.75, 3.05) is 19.0 Å². The maximum atomic E-state index is 13.6. The van der Waals surface area contributed by atoms with Gasteiger partial charge in [-0.15, -0.1) is 0 Å². The second kappa shape index (κ2) is 6.06. The van der Waals surface area contributed by atoms with Crippen LogP contribution in [0.2, 0.25) is 5.02 Å². The summed E-state index contributed by atoms with van der Waals surface area (Å²) in [4.78, 5) is 14.1. The number of hydrogen-bond acceptors (Lipinski definition) is 2. The fourth-order valence-corrected chi connectivity index (χ4v) is 2.09. The molecule has 2 aromatic rings. The largest absolute Gasteiger partial charge is 0.378 e. The van der Waals surface area contributed by atoms with E-state index in [1.807, 2.05) is 31.1 Å². The highest BCUT2D eigenvalue weighted by atomic mass is 35.5. The third-order valence-corrected chi connectivity index (χ3v) is 3.30. The third-order valence-electron chi connectivity index (χ3n) is 3.06. The number of nitrogens with zero attached hydrogens (tertiary/aromatic N) is 1. The number of halogens is 2. The van der Waals surface area contributed by atoms with Crippen molar-refractivity contribution >= 4 is 23.1 Å². The van der Waals surface area contributed by atoms with Crippen LogP contribution in [0.5, 0.6) is 0 Å². The van der Waals surface area contributed by atoms with Gasteiger partial charge < -0.3 is 4.90 Å². The lowest BCUT2D eigenvalue weighted by Crippen LogP contribution is -2.09. The molecule has 0 atom stereocenters. The van der Waals surface area contributed by atoms with Crippen molar-refractivity contribution in [2.45, 2.75) is 6.42 Å². The molecule has 2 aromatic carbocycles. The fraction of sp³-hybridized carbons (Fsp3) is 0.188. The number of hydrogen-bond donors (Lipinski definition) is 0. The predicted octanol–water partition coefficient (Wildman–Crippen LogP) is 3.97. The summed E-state index contributed by atoms with van der Waals surface area (Å²) in [5, 5.41) is 0.428. The Labute approximate surface area is 122 Å². The SMILES string of the molecule is CN(C)c1ccc(C(=O)Cc2cc(Cl)ccc2F)cc1. The number of carbonyl (C=O) groups is 1. The van der Waals surface area contributed by atoms with Crippen LogP contribution in [0.3, 0.4) is 0 Å². The van der Waals surface area contributed by atoms with Crippen molar-refractivity contribution in [1.82, 2.24) is 0 Å². The van der Waals surface area contributed by atoms with Crippen LogP contribution < -0.4 is 4.90 Å². The first-order valence-electron chi connectivity index (χ1n) is 6.22. The molecule has 0 heterocycles. The van der Waals surface area contributed by atoms with Crippen molar-refractivity contribution in [3.05, 3.63) is 64.4 Å². The van der Waals surface area contributed by atoms with E-state index >= 15 is 0 Å². The molecule has 0 N–H and O–H groups in total. The van der Waals surface area contributed by atoms with E-state index in [1.54, 1.807) is 12.1 Å². The first-order valence-corrected chi connectivity index (χ1v) is 6.59. The zero-order chi connectivity index (χ0) is 14.7. The molecule has 104 valence electrons. The van der Waals surface area contributed by atoms with Crippen molar-refractivity contribution in [3.63, 3.8) is 0 Å². The molecule has 0 radical (unpaired) electrons. The zero-order valence-corrected chi connectivity index (χ0v) is 12.1. The highest BCUT2D eigenvalue weighted by Gasteiger charge is 2.11. The number of benzene rings is 2. The van der Waals surface area contributed by atoms with Crippen LogP contribution >= 0.6 is 11.6 Å². The van der Waals surface area contributed by atoms with Crippen LogP contribution in [0.15, 0.2) is 42.5 Å². The normalized spacial score (nSPS) is 10.4. The Hall–Kier alpha value is -1.87. The van der Waals surface area contributed by atoms with Crippen molar-refractivity contribution in [3.8, 4) is 0 Å².